The molecule has 0 atom stereocenters. The van der Waals surface area contributed by atoms with Crippen molar-refractivity contribution < 1.29 is 9.32 Å². The van der Waals surface area contributed by atoms with Gasteiger partial charge in [0, 0.05) is 24.3 Å². The Labute approximate surface area is 120 Å². The van der Waals surface area contributed by atoms with E-state index in [-0.39, 0.29) is 17.2 Å². The number of carbonyl (C=O) groups excluding carboxylic acids is 1. The molecule has 1 heterocycles. The zero-order chi connectivity index (χ0) is 14.6. The lowest BCUT2D eigenvalue weighted by Crippen LogP contribution is -2.33. The molecule has 5 heteroatoms. The first-order chi connectivity index (χ1) is 9.47. The molecule has 5 nitrogen and oxygen atoms in total. The molecule has 1 N–H and O–H groups in total. The van der Waals surface area contributed by atoms with Gasteiger partial charge in [0.15, 0.2) is 5.82 Å². The van der Waals surface area contributed by atoms with Gasteiger partial charge in [-0.2, -0.15) is 4.98 Å². The van der Waals surface area contributed by atoms with Gasteiger partial charge in [-0.1, -0.05) is 45.2 Å². The summed E-state index contributed by atoms with van der Waals surface area (Å²) in [5.74, 6) is 1.70. The van der Waals surface area contributed by atoms with E-state index in [0.29, 0.717) is 24.7 Å². The molecule has 1 aliphatic carbocycles. The molecule has 0 spiro atoms. The molecule has 1 aromatic rings. The van der Waals surface area contributed by atoms with E-state index < -0.39 is 0 Å². The first-order valence-corrected chi connectivity index (χ1v) is 7.57. The van der Waals surface area contributed by atoms with Gasteiger partial charge in [0.25, 0.3) is 0 Å². The second-order valence-corrected chi connectivity index (χ2v) is 6.64. The van der Waals surface area contributed by atoms with Gasteiger partial charge >= 0.3 is 0 Å². The standard InChI is InChI=1S/C15H25N3O2/c1-15(2,3)14-17-12(18-20-14)9-10-16-13(19)11-7-5-4-6-8-11/h11H,4-10H2,1-3H3,(H,16,19). The molecule has 1 amide bonds. The zero-order valence-corrected chi connectivity index (χ0v) is 12.7. The highest BCUT2D eigenvalue weighted by atomic mass is 16.5. The summed E-state index contributed by atoms with van der Waals surface area (Å²) in [7, 11) is 0. The molecular formula is C15H25N3O2. The molecular weight excluding hydrogens is 254 g/mol. The second kappa shape index (κ2) is 6.37. The van der Waals surface area contributed by atoms with E-state index in [0.717, 1.165) is 12.8 Å². The number of nitrogens with one attached hydrogen (secondary N) is 1. The monoisotopic (exact) mass is 279 g/mol. The van der Waals surface area contributed by atoms with E-state index in [1.54, 1.807) is 0 Å². The van der Waals surface area contributed by atoms with Crippen molar-refractivity contribution in [2.24, 2.45) is 5.92 Å². The van der Waals surface area contributed by atoms with E-state index in [1.807, 2.05) is 20.8 Å². The van der Waals surface area contributed by atoms with Crippen molar-refractivity contribution in [2.45, 2.75) is 64.7 Å². The molecule has 0 radical (unpaired) electrons. The highest BCUT2D eigenvalue weighted by molar-refractivity contribution is 5.78. The third-order valence-corrected chi connectivity index (χ3v) is 3.73. The number of hydrogen-bond donors (Lipinski definition) is 1. The number of rotatable bonds is 4. The summed E-state index contributed by atoms with van der Waals surface area (Å²) in [6, 6.07) is 0. The average Bonchev–Trinajstić information content (AvgIpc) is 2.88. The first-order valence-electron chi connectivity index (χ1n) is 7.57. The smallest absolute Gasteiger partial charge is 0.232 e. The molecule has 0 saturated heterocycles. The molecule has 1 aromatic heterocycles. The largest absolute Gasteiger partial charge is 0.355 e. The summed E-state index contributed by atoms with van der Waals surface area (Å²) in [6.45, 7) is 6.69. The van der Waals surface area contributed by atoms with Crippen LogP contribution >= 0.6 is 0 Å². The SMILES string of the molecule is CC(C)(C)c1nc(CCNC(=O)C2CCCCC2)no1. The summed E-state index contributed by atoms with van der Waals surface area (Å²) >= 11 is 0. The van der Waals surface area contributed by atoms with Crippen molar-refractivity contribution in [3.05, 3.63) is 11.7 Å². The van der Waals surface area contributed by atoms with Gasteiger partial charge in [-0.25, -0.2) is 0 Å². The van der Waals surface area contributed by atoms with Crippen LogP contribution in [0.4, 0.5) is 0 Å². The van der Waals surface area contributed by atoms with Crippen LogP contribution in [0.25, 0.3) is 0 Å². The maximum absolute atomic E-state index is 12.0. The minimum Gasteiger partial charge on any atom is -0.355 e. The minimum atomic E-state index is -0.128. The van der Waals surface area contributed by atoms with E-state index >= 15 is 0 Å². The Bertz CT molecular complexity index is 442. The number of nitrogens with zero attached hydrogens (tertiary/aromatic N) is 2. The van der Waals surface area contributed by atoms with Gasteiger partial charge in [0.05, 0.1) is 0 Å². The van der Waals surface area contributed by atoms with Crippen LogP contribution in [0.5, 0.6) is 0 Å². The maximum atomic E-state index is 12.0. The molecule has 1 saturated carbocycles. The predicted octanol–water partition coefficient (Wildman–Crippen LogP) is 2.61. The normalized spacial score (nSPS) is 17.1. The number of hydrogen-bond acceptors (Lipinski definition) is 4. The van der Waals surface area contributed by atoms with Gasteiger partial charge in [0.2, 0.25) is 11.8 Å². The predicted molar refractivity (Wildman–Crippen MR) is 76.3 cm³/mol. The van der Waals surface area contributed by atoms with Crippen molar-refractivity contribution in [3.63, 3.8) is 0 Å². The van der Waals surface area contributed by atoms with Crippen LogP contribution in [-0.4, -0.2) is 22.6 Å². The lowest BCUT2D eigenvalue weighted by molar-refractivity contribution is -0.125. The van der Waals surface area contributed by atoms with Crippen LogP contribution in [0, 0.1) is 5.92 Å². The first kappa shape index (κ1) is 15.0. The Kier molecular flexibility index (Phi) is 4.78. The molecule has 1 fully saturated rings. The van der Waals surface area contributed by atoms with Crippen molar-refractivity contribution in [2.75, 3.05) is 6.54 Å². The number of amides is 1. The van der Waals surface area contributed by atoms with Crippen LogP contribution in [0.3, 0.4) is 0 Å². The zero-order valence-electron chi connectivity index (χ0n) is 12.7. The van der Waals surface area contributed by atoms with E-state index in [4.69, 9.17) is 4.52 Å². The summed E-state index contributed by atoms with van der Waals surface area (Å²) in [5, 5.41) is 6.94. The Morgan fingerprint density at radius 1 is 1.30 bits per heavy atom. The molecule has 0 bridgehead atoms. The van der Waals surface area contributed by atoms with Crippen LogP contribution in [0.2, 0.25) is 0 Å². The third kappa shape index (κ3) is 4.05. The minimum absolute atomic E-state index is 0.128. The van der Waals surface area contributed by atoms with E-state index in [9.17, 15) is 4.79 Å². The maximum Gasteiger partial charge on any atom is 0.232 e. The number of carbonyl (C=O) groups is 1. The van der Waals surface area contributed by atoms with Crippen molar-refractivity contribution in [1.29, 1.82) is 0 Å². The van der Waals surface area contributed by atoms with E-state index in [1.165, 1.54) is 19.3 Å². The van der Waals surface area contributed by atoms with Crippen molar-refractivity contribution >= 4 is 5.91 Å². The number of aromatic nitrogens is 2. The fourth-order valence-corrected chi connectivity index (χ4v) is 2.47. The van der Waals surface area contributed by atoms with Crippen LogP contribution < -0.4 is 5.32 Å². The van der Waals surface area contributed by atoms with Gasteiger partial charge in [-0.05, 0) is 12.8 Å². The Balaban J connectivity index is 1.75. The average molecular weight is 279 g/mol. The van der Waals surface area contributed by atoms with Crippen LogP contribution in [-0.2, 0) is 16.6 Å². The van der Waals surface area contributed by atoms with Gasteiger partial charge < -0.3 is 9.84 Å². The Hall–Kier alpha value is -1.39. The highest BCUT2D eigenvalue weighted by Crippen LogP contribution is 2.23. The van der Waals surface area contributed by atoms with Crippen LogP contribution in [0.1, 0.15) is 64.6 Å². The molecule has 112 valence electrons. The molecule has 20 heavy (non-hydrogen) atoms. The van der Waals surface area contributed by atoms with E-state index in [2.05, 4.69) is 15.5 Å². The van der Waals surface area contributed by atoms with Gasteiger partial charge in [-0.3, -0.25) is 4.79 Å². The summed E-state index contributed by atoms with van der Waals surface area (Å²) in [5.41, 5.74) is -0.128. The summed E-state index contributed by atoms with van der Waals surface area (Å²) < 4.78 is 5.23. The van der Waals surface area contributed by atoms with Gasteiger partial charge in [-0.15, -0.1) is 0 Å². The van der Waals surface area contributed by atoms with Crippen molar-refractivity contribution in [3.8, 4) is 0 Å². The van der Waals surface area contributed by atoms with Gasteiger partial charge in [0.1, 0.15) is 0 Å². The summed E-state index contributed by atoms with van der Waals surface area (Å²) in [6.07, 6.45) is 6.31. The molecule has 0 aliphatic heterocycles. The fourth-order valence-electron chi connectivity index (χ4n) is 2.47. The second-order valence-electron chi connectivity index (χ2n) is 6.64. The molecule has 1 aliphatic rings. The quantitative estimate of drug-likeness (QED) is 0.920. The summed E-state index contributed by atoms with van der Waals surface area (Å²) in [4.78, 5) is 16.3. The fraction of sp³-hybridized carbons (Fsp3) is 0.800. The lowest BCUT2D eigenvalue weighted by atomic mass is 9.89. The topological polar surface area (TPSA) is 68.0 Å². The molecule has 2 rings (SSSR count). The molecule has 0 unspecified atom stereocenters. The van der Waals surface area contributed by atoms with Crippen LogP contribution in [0.15, 0.2) is 4.52 Å². The highest BCUT2D eigenvalue weighted by Gasteiger charge is 2.22. The Morgan fingerprint density at radius 2 is 2.00 bits per heavy atom. The molecule has 0 aromatic carbocycles. The van der Waals surface area contributed by atoms with Crippen molar-refractivity contribution in [1.82, 2.24) is 15.5 Å². The third-order valence-electron chi connectivity index (χ3n) is 3.73. The lowest BCUT2D eigenvalue weighted by Gasteiger charge is -2.20. The Morgan fingerprint density at radius 3 is 2.60 bits per heavy atom.